The lowest BCUT2D eigenvalue weighted by atomic mass is 10.1. The van der Waals surface area contributed by atoms with Crippen molar-refractivity contribution in [2.24, 2.45) is 0 Å². The highest BCUT2D eigenvalue weighted by Gasteiger charge is 2.22. The summed E-state index contributed by atoms with van der Waals surface area (Å²) in [6.45, 7) is 5.94. The van der Waals surface area contributed by atoms with Gasteiger partial charge < -0.3 is 14.3 Å². The number of fused-ring (bicyclic) bond motifs is 3. The molecule has 1 saturated heterocycles. The third kappa shape index (κ3) is 3.81. The number of furan rings is 1. The Kier molecular flexibility index (Phi) is 5.34. The third-order valence-corrected chi connectivity index (χ3v) is 5.99. The van der Waals surface area contributed by atoms with Crippen molar-refractivity contribution >= 4 is 38.0 Å². The Morgan fingerprint density at radius 3 is 3.00 bits per heavy atom. The molecule has 0 aliphatic carbocycles. The number of hydrogen-bond acceptors (Lipinski definition) is 5. The number of H-pyrrole nitrogens is 1. The molecular weight excluding hydrogens is 408 g/mol. The van der Waals surface area contributed by atoms with E-state index in [-0.39, 0.29) is 5.56 Å². The van der Waals surface area contributed by atoms with Crippen molar-refractivity contribution in [1.29, 1.82) is 0 Å². The molecule has 27 heavy (non-hydrogen) atoms. The second-order valence-corrected chi connectivity index (χ2v) is 8.34. The average molecular weight is 433 g/mol. The maximum absolute atomic E-state index is 12.5. The van der Waals surface area contributed by atoms with Crippen molar-refractivity contribution in [3.05, 3.63) is 38.9 Å². The van der Waals surface area contributed by atoms with Crippen molar-refractivity contribution in [3.63, 3.8) is 0 Å². The highest BCUT2D eigenvalue weighted by Crippen LogP contribution is 2.28. The first-order chi connectivity index (χ1) is 13.0. The van der Waals surface area contributed by atoms with Gasteiger partial charge in [-0.25, -0.2) is 4.98 Å². The summed E-state index contributed by atoms with van der Waals surface area (Å²) in [6, 6.07) is 6.36. The zero-order valence-electron chi connectivity index (χ0n) is 15.8. The van der Waals surface area contributed by atoms with Crippen molar-refractivity contribution in [3.8, 4) is 0 Å². The van der Waals surface area contributed by atoms with Gasteiger partial charge in [0, 0.05) is 35.5 Å². The number of hydrogen-bond donors (Lipinski definition) is 1. The standard InChI is InChI=1S/C20H25BrN4O2/c1-3-4-14-7-8-25(10-9-24(14)2)12-17-22-18-15-11-13(21)5-6-16(15)27-19(18)20(26)23-17/h5-6,11,14H,3-4,7-10,12H2,1-2H3,(H,22,23,26)/t14-/m1/s1. The maximum atomic E-state index is 12.5. The quantitative estimate of drug-likeness (QED) is 0.679. The van der Waals surface area contributed by atoms with Crippen LogP contribution in [0.15, 0.2) is 31.9 Å². The van der Waals surface area contributed by atoms with E-state index in [1.807, 2.05) is 18.2 Å². The highest BCUT2D eigenvalue weighted by molar-refractivity contribution is 9.10. The maximum Gasteiger partial charge on any atom is 0.294 e. The number of nitrogens with one attached hydrogen (secondary N) is 1. The van der Waals surface area contributed by atoms with Crippen LogP contribution < -0.4 is 5.56 Å². The van der Waals surface area contributed by atoms with E-state index in [2.05, 4.69) is 44.7 Å². The molecule has 4 rings (SSSR count). The number of nitrogens with zero attached hydrogens (tertiary/aromatic N) is 3. The molecule has 1 aliphatic rings. The fourth-order valence-corrected chi connectivity index (χ4v) is 4.32. The third-order valence-electron chi connectivity index (χ3n) is 5.50. The molecule has 1 aliphatic heterocycles. The van der Waals surface area contributed by atoms with Crippen molar-refractivity contribution in [2.75, 3.05) is 26.7 Å². The number of benzene rings is 1. The van der Waals surface area contributed by atoms with E-state index >= 15 is 0 Å². The summed E-state index contributed by atoms with van der Waals surface area (Å²) >= 11 is 3.48. The van der Waals surface area contributed by atoms with Gasteiger partial charge in [-0.1, -0.05) is 29.3 Å². The van der Waals surface area contributed by atoms with E-state index in [1.54, 1.807) is 0 Å². The molecule has 0 saturated carbocycles. The van der Waals surface area contributed by atoms with Crippen LogP contribution in [0.1, 0.15) is 32.0 Å². The molecule has 3 heterocycles. The molecule has 1 atom stereocenters. The summed E-state index contributed by atoms with van der Waals surface area (Å²) in [5.41, 5.74) is 1.41. The lowest BCUT2D eigenvalue weighted by Gasteiger charge is -2.24. The minimum absolute atomic E-state index is 0.210. The van der Waals surface area contributed by atoms with E-state index in [4.69, 9.17) is 9.40 Å². The second-order valence-electron chi connectivity index (χ2n) is 7.42. The molecule has 1 aromatic carbocycles. The van der Waals surface area contributed by atoms with Crippen molar-refractivity contribution < 1.29 is 4.42 Å². The average Bonchev–Trinajstić information content (AvgIpc) is 2.91. The minimum atomic E-state index is -0.210. The fraction of sp³-hybridized carbons (Fsp3) is 0.500. The first-order valence-electron chi connectivity index (χ1n) is 9.58. The van der Waals surface area contributed by atoms with Crippen LogP contribution in [0.25, 0.3) is 22.1 Å². The number of halogens is 1. The fourth-order valence-electron chi connectivity index (χ4n) is 3.96. The van der Waals surface area contributed by atoms with Crippen LogP contribution in [-0.4, -0.2) is 52.5 Å². The molecule has 3 aromatic rings. The summed E-state index contributed by atoms with van der Waals surface area (Å²) in [6.07, 6.45) is 3.60. The van der Waals surface area contributed by atoms with Crippen molar-refractivity contribution in [1.82, 2.24) is 19.8 Å². The number of likely N-dealkylation sites (N-methyl/N-ethyl adjacent to an activating group) is 1. The Hall–Kier alpha value is -1.70. The van der Waals surface area contributed by atoms with E-state index in [9.17, 15) is 4.79 Å². The van der Waals surface area contributed by atoms with Gasteiger partial charge in [0.05, 0.1) is 6.54 Å². The molecule has 1 N–H and O–H groups in total. The summed E-state index contributed by atoms with van der Waals surface area (Å²) in [7, 11) is 2.21. The van der Waals surface area contributed by atoms with E-state index in [0.29, 0.717) is 35.1 Å². The summed E-state index contributed by atoms with van der Waals surface area (Å²) in [4.78, 5) is 25.0. The van der Waals surface area contributed by atoms with Gasteiger partial charge in [0.2, 0.25) is 5.58 Å². The SMILES string of the molecule is CCC[C@@H]1CCN(Cc2nc3c(oc4ccc(Br)cc43)c(=O)[nH]2)CCN1C. The van der Waals surface area contributed by atoms with Crippen LogP contribution >= 0.6 is 15.9 Å². The summed E-state index contributed by atoms with van der Waals surface area (Å²) in [5.74, 6) is 0.701. The normalized spacial score (nSPS) is 19.7. The molecule has 2 aromatic heterocycles. The van der Waals surface area contributed by atoms with Gasteiger partial charge in [0.1, 0.15) is 16.9 Å². The molecule has 1 fully saturated rings. The zero-order valence-corrected chi connectivity index (χ0v) is 17.4. The Bertz CT molecular complexity index is 1010. The Morgan fingerprint density at radius 2 is 2.19 bits per heavy atom. The van der Waals surface area contributed by atoms with Crippen LogP contribution in [0.4, 0.5) is 0 Å². The molecule has 7 heteroatoms. The monoisotopic (exact) mass is 432 g/mol. The summed E-state index contributed by atoms with van der Waals surface area (Å²) < 4.78 is 6.65. The predicted molar refractivity (Wildman–Crippen MR) is 111 cm³/mol. The topological polar surface area (TPSA) is 65.4 Å². The Balaban J connectivity index is 1.61. The van der Waals surface area contributed by atoms with Crippen LogP contribution in [0.5, 0.6) is 0 Å². The highest BCUT2D eigenvalue weighted by atomic mass is 79.9. The van der Waals surface area contributed by atoms with Crippen LogP contribution in [-0.2, 0) is 6.54 Å². The van der Waals surface area contributed by atoms with Gasteiger partial charge in [0.15, 0.2) is 0 Å². The number of aromatic nitrogens is 2. The largest absolute Gasteiger partial charge is 0.449 e. The van der Waals surface area contributed by atoms with Crippen LogP contribution in [0.2, 0.25) is 0 Å². The lowest BCUT2D eigenvalue weighted by Crippen LogP contribution is -2.33. The minimum Gasteiger partial charge on any atom is -0.449 e. The van der Waals surface area contributed by atoms with E-state index in [1.165, 1.54) is 12.8 Å². The van der Waals surface area contributed by atoms with Gasteiger partial charge in [-0.15, -0.1) is 0 Å². The van der Waals surface area contributed by atoms with Crippen LogP contribution in [0.3, 0.4) is 0 Å². The molecule has 0 spiro atoms. The molecular formula is C20H25BrN4O2. The molecule has 144 valence electrons. The second kappa shape index (κ2) is 7.73. The molecule has 6 nitrogen and oxygen atoms in total. The smallest absolute Gasteiger partial charge is 0.294 e. The zero-order chi connectivity index (χ0) is 19.0. The van der Waals surface area contributed by atoms with Crippen molar-refractivity contribution in [2.45, 2.75) is 38.8 Å². The Labute approximate surface area is 166 Å². The van der Waals surface area contributed by atoms with Gasteiger partial charge in [-0.05, 0) is 38.1 Å². The van der Waals surface area contributed by atoms with Gasteiger partial charge in [-0.3, -0.25) is 9.69 Å². The first-order valence-corrected chi connectivity index (χ1v) is 10.4. The molecule has 0 radical (unpaired) electrons. The Morgan fingerprint density at radius 1 is 1.33 bits per heavy atom. The van der Waals surface area contributed by atoms with Gasteiger partial charge in [-0.2, -0.15) is 0 Å². The van der Waals surface area contributed by atoms with E-state index < -0.39 is 0 Å². The van der Waals surface area contributed by atoms with Gasteiger partial charge in [0.25, 0.3) is 5.56 Å². The lowest BCUT2D eigenvalue weighted by molar-refractivity contribution is 0.235. The molecule has 0 amide bonds. The number of rotatable bonds is 4. The van der Waals surface area contributed by atoms with E-state index in [0.717, 1.165) is 35.9 Å². The number of aromatic amines is 1. The molecule has 0 unspecified atom stereocenters. The first kappa shape index (κ1) is 18.7. The summed E-state index contributed by atoms with van der Waals surface area (Å²) in [5, 5.41) is 0.866. The predicted octanol–water partition coefficient (Wildman–Crippen LogP) is 3.74. The van der Waals surface area contributed by atoms with Crippen LogP contribution in [0, 0.1) is 0 Å². The van der Waals surface area contributed by atoms with Gasteiger partial charge >= 0.3 is 0 Å². The molecule has 0 bridgehead atoms.